The third-order valence-corrected chi connectivity index (χ3v) is 6.43. The number of methoxy groups -OCH3 is 1. The van der Waals surface area contributed by atoms with Crippen molar-refractivity contribution in [3.63, 3.8) is 0 Å². The molecule has 0 saturated carbocycles. The van der Waals surface area contributed by atoms with Crippen molar-refractivity contribution in [2.24, 2.45) is 0 Å². The van der Waals surface area contributed by atoms with Crippen molar-refractivity contribution in [2.75, 3.05) is 13.7 Å². The lowest BCUT2D eigenvalue weighted by Gasteiger charge is -2.39. The molecule has 1 aromatic heterocycles. The zero-order chi connectivity index (χ0) is 26.8. The predicted octanol–water partition coefficient (Wildman–Crippen LogP) is 6.72. The van der Waals surface area contributed by atoms with E-state index in [1.807, 2.05) is 30.3 Å². The summed E-state index contributed by atoms with van der Waals surface area (Å²) in [4.78, 5) is 18.6. The zero-order valence-electron chi connectivity index (χ0n) is 19.9. The molecule has 1 N–H and O–H groups in total. The molecule has 11 heteroatoms. The number of rotatable bonds is 5. The number of hydrogen-bond donors (Lipinski definition) is 1. The normalized spacial score (nSPS) is 17.4. The number of nitrogens with zero attached hydrogens (tertiary/aromatic N) is 2. The van der Waals surface area contributed by atoms with Crippen molar-refractivity contribution in [2.45, 2.75) is 50.2 Å². The molecule has 0 radical (unpaired) electrons. The van der Waals surface area contributed by atoms with Gasteiger partial charge in [-0.1, -0.05) is 24.6 Å². The Bertz CT molecular complexity index is 1220. The van der Waals surface area contributed by atoms with Crippen molar-refractivity contribution in [3.8, 4) is 0 Å². The highest BCUT2D eigenvalue weighted by Crippen LogP contribution is 2.38. The number of fused-ring (bicyclic) bond motifs is 1. The number of nitrogens with one attached hydrogen (secondary N) is 1. The van der Waals surface area contributed by atoms with E-state index >= 15 is 0 Å². The number of ether oxygens (including phenoxy) is 1. The van der Waals surface area contributed by atoms with Crippen LogP contribution in [0, 0.1) is 0 Å². The van der Waals surface area contributed by atoms with Crippen LogP contribution in [0.2, 0.25) is 0 Å². The fraction of sp³-hybridized carbons (Fsp3) is 0.385. The maximum atomic E-state index is 13.5. The summed E-state index contributed by atoms with van der Waals surface area (Å²) in [5.74, 6) is 0. The molecule has 198 valence electrons. The van der Waals surface area contributed by atoms with Gasteiger partial charge in [0, 0.05) is 24.2 Å². The number of benzene rings is 2. The van der Waals surface area contributed by atoms with E-state index in [0.29, 0.717) is 36.2 Å². The highest BCUT2D eigenvalue weighted by Gasteiger charge is 2.39. The van der Waals surface area contributed by atoms with E-state index in [9.17, 15) is 31.1 Å². The second-order valence-electron chi connectivity index (χ2n) is 8.97. The molecule has 37 heavy (non-hydrogen) atoms. The highest BCUT2D eigenvalue weighted by molar-refractivity contribution is 5.79. The first-order valence-electron chi connectivity index (χ1n) is 11.7. The number of para-hydroxylation sites is 1. The second-order valence-corrected chi connectivity index (χ2v) is 8.97. The lowest BCUT2D eigenvalue weighted by Crippen LogP contribution is -2.48. The van der Waals surface area contributed by atoms with Gasteiger partial charge in [-0.25, -0.2) is 4.79 Å². The van der Waals surface area contributed by atoms with Gasteiger partial charge in [-0.2, -0.15) is 26.3 Å². The van der Waals surface area contributed by atoms with Gasteiger partial charge in [-0.05, 0) is 60.8 Å². The SMILES string of the molecule is COC(=O)N(Cc1cc(C(F)(F)F)cc(C(F)(F)F)c1)C(c1cnc2ccccc2c1)C1CCCCN1. The second kappa shape index (κ2) is 10.6. The molecule has 1 saturated heterocycles. The van der Waals surface area contributed by atoms with Crippen molar-refractivity contribution >= 4 is 17.0 Å². The van der Waals surface area contributed by atoms with Crippen LogP contribution in [0.3, 0.4) is 0 Å². The van der Waals surface area contributed by atoms with Crippen LogP contribution in [0.5, 0.6) is 0 Å². The maximum absolute atomic E-state index is 13.5. The highest BCUT2D eigenvalue weighted by atomic mass is 19.4. The molecule has 0 spiro atoms. The molecule has 3 aromatic rings. The molecule has 2 unspecified atom stereocenters. The average Bonchev–Trinajstić information content (AvgIpc) is 2.87. The molecule has 2 atom stereocenters. The Morgan fingerprint density at radius 1 is 1.05 bits per heavy atom. The summed E-state index contributed by atoms with van der Waals surface area (Å²) < 4.78 is 85.8. The summed E-state index contributed by atoms with van der Waals surface area (Å²) in [5.41, 5.74) is -1.91. The third-order valence-electron chi connectivity index (χ3n) is 6.43. The Morgan fingerprint density at radius 3 is 2.32 bits per heavy atom. The summed E-state index contributed by atoms with van der Waals surface area (Å²) in [6.45, 7) is 0.119. The van der Waals surface area contributed by atoms with Crippen LogP contribution in [-0.4, -0.2) is 35.7 Å². The van der Waals surface area contributed by atoms with Gasteiger partial charge in [-0.15, -0.1) is 0 Å². The molecule has 4 rings (SSSR count). The molecule has 2 heterocycles. The van der Waals surface area contributed by atoms with Gasteiger partial charge < -0.3 is 10.1 Å². The minimum atomic E-state index is -5.00. The van der Waals surface area contributed by atoms with E-state index < -0.39 is 42.2 Å². The van der Waals surface area contributed by atoms with Crippen LogP contribution in [-0.2, 0) is 23.6 Å². The molecular formula is C26H25F6N3O2. The average molecular weight is 525 g/mol. The number of pyridine rings is 1. The van der Waals surface area contributed by atoms with E-state index in [1.54, 1.807) is 6.20 Å². The first kappa shape index (κ1) is 26.7. The quantitative estimate of drug-likeness (QED) is 0.376. The fourth-order valence-electron chi connectivity index (χ4n) is 4.73. The Hall–Kier alpha value is -3.34. The zero-order valence-corrected chi connectivity index (χ0v) is 19.9. The smallest absolute Gasteiger partial charge is 0.416 e. The van der Waals surface area contributed by atoms with Crippen LogP contribution < -0.4 is 5.32 Å². The van der Waals surface area contributed by atoms with Gasteiger partial charge in [0.25, 0.3) is 0 Å². The van der Waals surface area contributed by atoms with Gasteiger partial charge in [0.05, 0.1) is 29.8 Å². The Labute approximate surface area is 209 Å². The van der Waals surface area contributed by atoms with Crippen molar-refractivity contribution in [3.05, 3.63) is 77.0 Å². The number of carbonyl (C=O) groups excluding carboxylic acids is 1. The number of halogens is 6. The Morgan fingerprint density at radius 2 is 1.73 bits per heavy atom. The number of alkyl halides is 6. The molecule has 1 aliphatic rings. The summed E-state index contributed by atoms with van der Waals surface area (Å²) in [5, 5.41) is 4.13. The summed E-state index contributed by atoms with van der Waals surface area (Å²) in [7, 11) is 1.12. The lowest BCUT2D eigenvalue weighted by atomic mass is 9.91. The maximum Gasteiger partial charge on any atom is 0.416 e. The van der Waals surface area contributed by atoms with E-state index in [2.05, 4.69) is 10.3 Å². The summed E-state index contributed by atoms with van der Waals surface area (Å²) >= 11 is 0. The van der Waals surface area contributed by atoms with Crippen LogP contribution in [0.4, 0.5) is 31.1 Å². The monoisotopic (exact) mass is 525 g/mol. The van der Waals surface area contributed by atoms with E-state index in [-0.39, 0.29) is 17.7 Å². The van der Waals surface area contributed by atoms with Crippen molar-refractivity contribution < 1.29 is 35.9 Å². The molecule has 2 aromatic carbocycles. The third kappa shape index (κ3) is 6.15. The largest absolute Gasteiger partial charge is 0.453 e. The number of carbonyl (C=O) groups is 1. The van der Waals surface area contributed by atoms with Gasteiger partial charge >= 0.3 is 18.4 Å². The number of hydrogen-bond acceptors (Lipinski definition) is 4. The minimum absolute atomic E-state index is 0.0689. The number of piperidine rings is 1. The molecule has 5 nitrogen and oxygen atoms in total. The minimum Gasteiger partial charge on any atom is -0.453 e. The Balaban J connectivity index is 1.82. The molecule has 1 aliphatic heterocycles. The van der Waals surface area contributed by atoms with Crippen LogP contribution >= 0.6 is 0 Å². The standard InChI is InChI=1S/C26H25F6N3O2/c1-37-24(36)35(15-16-10-19(25(27,28)29)13-20(11-16)26(30,31)32)23(22-8-4-5-9-33-22)18-12-17-6-2-3-7-21(17)34-14-18/h2-3,6-7,10-14,22-23,33H,4-5,8-9,15H2,1H3. The Kier molecular flexibility index (Phi) is 7.63. The van der Waals surface area contributed by atoms with Gasteiger partial charge in [0.2, 0.25) is 0 Å². The molecule has 1 amide bonds. The van der Waals surface area contributed by atoms with Gasteiger partial charge in [0.1, 0.15) is 0 Å². The fourth-order valence-corrected chi connectivity index (χ4v) is 4.73. The van der Waals surface area contributed by atoms with E-state index in [1.165, 1.54) is 4.90 Å². The number of aromatic nitrogens is 1. The van der Waals surface area contributed by atoms with Crippen LogP contribution in [0.15, 0.2) is 54.7 Å². The topological polar surface area (TPSA) is 54.5 Å². The first-order chi connectivity index (χ1) is 17.5. The van der Waals surface area contributed by atoms with Crippen molar-refractivity contribution in [1.82, 2.24) is 15.2 Å². The van der Waals surface area contributed by atoms with Crippen molar-refractivity contribution in [1.29, 1.82) is 0 Å². The van der Waals surface area contributed by atoms with E-state index in [0.717, 1.165) is 25.3 Å². The predicted molar refractivity (Wildman–Crippen MR) is 125 cm³/mol. The van der Waals surface area contributed by atoms with Crippen LogP contribution in [0.1, 0.15) is 47.6 Å². The summed E-state index contributed by atoms with van der Waals surface area (Å²) in [6.07, 6.45) is -6.92. The molecular weight excluding hydrogens is 500 g/mol. The first-order valence-corrected chi connectivity index (χ1v) is 11.7. The summed E-state index contributed by atoms with van der Waals surface area (Å²) in [6, 6.07) is 9.38. The van der Waals surface area contributed by atoms with Crippen LogP contribution in [0.25, 0.3) is 10.9 Å². The lowest BCUT2D eigenvalue weighted by molar-refractivity contribution is -0.143. The molecule has 0 aliphatic carbocycles. The molecule has 0 bridgehead atoms. The molecule has 1 fully saturated rings. The van der Waals surface area contributed by atoms with Gasteiger partial charge in [0.15, 0.2) is 0 Å². The number of amides is 1. The van der Waals surface area contributed by atoms with E-state index in [4.69, 9.17) is 4.74 Å². The van der Waals surface area contributed by atoms with Gasteiger partial charge in [-0.3, -0.25) is 9.88 Å².